The molecule has 0 bridgehead atoms. The summed E-state index contributed by atoms with van der Waals surface area (Å²) in [4.78, 5) is 0. The van der Waals surface area contributed by atoms with E-state index in [0.717, 1.165) is 18.4 Å². The largest absolute Gasteiger partial charge is 0.394 e. The number of ether oxygens (including phenoxy) is 1. The molecule has 5 atom stereocenters. The van der Waals surface area contributed by atoms with Crippen molar-refractivity contribution in [1.29, 1.82) is 5.26 Å². The van der Waals surface area contributed by atoms with Crippen LogP contribution >= 0.6 is 0 Å². The van der Waals surface area contributed by atoms with Crippen molar-refractivity contribution in [3.8, 4) is 6.07 Å². The molecule has 1 aliphatic heterocycles. The molecule has 0 aromatic heterocycles. The van der Waals surface area contributed by atoms with E-state index < -0.39 is 36.8 Å². The summed E-state index contributed by atoms with van der Waals surface area (Å²) in [6.45, 7) is 3.72. The van der Waals surface area contributed by atoms with E-state index >= 15 is 0 Å². The molecule has 2 aromatic rings. The highest BCUT2D eigenvalue weighted by Gasteiger charge is 2.53. The van der Waals surface area contributed by atoms with E-state index in [1.165, 1.54) is 17.7 Å². The minimum absolute atomic E-state index is 0.122. The average Bonchev–Trinajstić information content (AvgIpc) is 2.79. The molecule has 0 aliphatic carbocycles. The lowest BCUT2D eigenvalue weighted by molar-refractivity contribution is -0.357. The molecule has 1 saturated heterocycles. The second-order valence-electron chi connectivity index (χ2n) is 8.87. The normalized spacial score (nSPS) is 28.0. The van der Waals surface area contributed by atoms with Crippen molar-refractivity contribution in [1.82, 2.24) is 0 Å². The SMILES string of the molecule is CC(C)CCc1ccc(Cc2cc([C@]3(O)O[C@H](CO)[C@@H](O)[C@H](O)[C@H]3O)ccc2C#N)cc1. The molecule has 7 nitrogen and oxygen atoms in total. The fraction of sp³-hybridized carbons (Fsp3) is 0.480. The molecule has 1 aliphatic rings. The lowest BCUT2D eigenvalue weighted by atomic mass is 9.86. The Balaban J connectivity index is 1.88. The number of aliphatic hydroxyl groups is 5. The maximum atomic E-state index is 11.1. The Morgan fingerprint density at radius 3 is 2.28 bits per heavy atom. The summed E-state index contributed by atoms with van der Waals surface area (Å²) >= 11 is 0. The Hall–Kier alpha value is -2.31. The number of aliphatic hydroxyl groups excluding tert-OH is 4. The number of benzene rings is 2. The monoisotopic (exact) mass is 441 g/mol. The van der Waals surface area contributed by atoms with Gasteiger partial charge in [-0.15, -0.1) is 0 Å². The quantitative estimate of drug-likeness (QED) is 0.438. The Bertz CT molecular complexity index is 952. The van der Waals surface area contributed by atoms with Gasteiger partial charge in [0.2, 0.25) is 5.79 Å². The van der Waals surface area contributed by atoms with Crippen LogP contribution in [0.4, 0.5) is 0 Å². The zero-order chi connectivity index (χ0) is 23.5. The Kier molecular flexibility index (Phi) is 7.67. The van der Waals surface area contributed by atoms with Crippen LogP contribution in [0.2, 0.25) is 0 Å². The van der Waals surface area contributed by atoms with Crippen LogP contribution in [0, 0.1) is 17.2 Å². The fourth-order valence-electron chi connectivity index (χ4n) is 3.96. The van der Waals surface area contributed by atoms with Crippen molar-refractivity contribution >= 4 is 0 Å². The van der Waals surface area contributed by atoms with E-state index in [4.69, 9.17) is 4.74 Å². The lowest BCUT2D eigenvalue weighted by Crippen LogP contribution is -2.63. The van der Waals surface area contributed by atoms with Crippen LogP contribution in [0.5, 0.6) is 0 Å². The molecular weight excluding hydrogens is 410 g/mol. The summed E-state index contributed by atoms with van der Waals surface area (Å²) in [6, 6.07) is 14.8. The van der Waals surface area contributed by atoms with Crippen LogP contribution in [0.25, 0.3) is 0 Å². The number of nitrogens with zero attached hydrogens (tertiary/aromatic N) is 1. The van der Waals surface area contributed by atoms with Crippen molar-refractivity contribution in [3.05, 3.63) is 70.3 Å². The van der Waals surface area contributed by atoms with Crippen molar-refractivity contribution in [3.63, 3.8) is 0 Å². The molecule has 32 heavy (non-hydrogen) atoms. The molecule has 2 aromatic carbocycles. The van der Waals surface area contributed by atoms with Crippen LogP contribution in [0.3, 0.4) is 0 Å². The molecule has 0 spiro atoms. The van der Waals surface area contributed by atoms with E-state index in [0.29, 0.717) is 23.5 Å². The number of nitriles is 1. The van der Waals surface area contributed by atoms with E-state index in [1.54, 1.807) is 6.07 Å². The van der Waals surface area contributed by atoms with Gasteiger partial charge in [-0.25, -0.2) is 0 Å². The van der Waals surface area contributed by atoms with Crippen LogP contribution in [-0.2, 0) is 23.4 Å². The average molecular weight is 442 g/mol. The van der Waals surface area contributed by atoms with Gasteiger partial charge >= 0.3 is 0 Å². The van der Waals surface area contributed by atoms with Crippen LogP contribution in [0.1, 0.15) is 48.1 Å². The predicted molar refractivity (Wildman–Crippen MR) is 117 cm³/mol. The van der Waals surface area contributed by atoms with Gasteiger partial charge in [0.25, 0.3) is 0 Å². The minimum Gasteiger partial charge on any atom is -0.394 e. The van der Waals surface area contributed by atoms with Gasteiger partial charge in [0, 0.05) is 5.56 Å². The van der Waals surface area contributed by atoms with Gasteiger partial charge in [0.1, 0.15) is 24.4 Å². The second-order valence-corrected chi connectivity index (χ2v) is 8.87. The molecule has 1 fully saturated rings. The Morgan fingerprint density at radius 2 is 1.69 bits per heavy atom. The van der Waals surface area contributed by atoms with E-state index in [9.17, 15) is 30.8 Å². The van der Waals surface area contributed by atoms with Crippen LogP contribution in [0.15, 0.2) is 42.5 Å². The van der Waals surface area contributed by atoms with Crippen molar-refractivity contribution in [2.45, 2.75) is 63.3 Å². The van der Waals surface area contributed by atoms with Gasteiger partial charge in [-0.1, -0.05) is 44.2 Å². The first-order valence-electron chi connectivity index (χ1n) is 10.9. The molecule has 0 radical (unpaired) electrons. The molecule has 1 heterocycles. The van der Waals surface area contributed by atoms with Gasteiger partial charge in [-0.3, -0.25) is 0 Å². The Morgan fingerprint density at radius 1 is 1.03 bits per heavy atom. The summed E-state index contributed by atoms with van der Waals surface area (Å²) < 4.78 is 5.41. The maximum absolute atomic E-state index is 11.1. The zero-order valence-corrected chi connectivity index (χ0v) is 18.3. The molecule has 5 N–H and O–H groups in total. The number of hydrogen-bond donors (Lipinski definition) is 5. The third-order valence-electron chi connectivity index (χ3n) is 6.03. The standard InChI is InChI=1S/C25H31NO6/c1-15(2)3-4-16-5-7-17(8-6-16)11-19-12-20(10-9-18(19)13-26)25(31)24(30)23(29)22(28)21(14-27)32-25/h5-10,12,15,21-24,27-31H,3-4,11,14H2,1-2H3/t21-,22-,23+,24-,25+/m1/s1. The van der Waals surface area contributed by atoms with Gasteiger partial charge < -0.3 is 30.3 Å². The summed E-state index contributed by atoms with van der Waals surface area (Å²) in [5, 5.41) is 60.6. The van der Waals surface area contributed by atoms with E-state index in [2.05, 4.69) is 32.0 Å². The van der Waals surface area contributed by atoms with Gasteiger partial charge in [0.05, 0.1) is 18.2 Å². The third kappa shape index (κ3) is 5.02. The summed E-state index contributed by atoms with van der Waals surface area (Å²) in [5.74, 6) is -1.72. The van der Waals surface area contributed by atoms with Gasteiger partial charge in [-0.05, 0) is 54.0 Å². The zero-order valence-electron chi connectivity index (χ0n) is 18.3. The molecule has 0 saturated carbocycles. The lowest BCUT2D eigenvalue weighted by Gasteiger charge is -2.45. The topological polar surface area (TPSA) is 134 Å². The maximum Gasteiger partial charge on any atom is 0.222 e. The van der Waals surface area contributed by atoms with Crippen LogP contribution in [-0.4, -0.2) is 56.6 Å². The molecular formula is C25H31NO6. The second kappa shape index (κ2) is 10.1. The molecule has 0 amide bonds. The van der Waals surface area contributed by atoms with Gasteiger partial charge in [0.15, 0.2) is 0 Å². The first-order chi connectivity index (χ1) is 15.2. The highest BCUT2D eigenvalue weighted by molar-refractivity contribution is 5.44. The highest BCUT2D eigenvalue weighted by atomic mass is 16.7. The number of hydrogen-bond acceptors (Lipinski definition) is 7. The van der Waals surface area contributed by atoms with Crippen molar-refractivity contribution in [2.75, 3.05) is 6.61 Å². The van der Waals surface area contributed by atoms with E-state index in [-0.39, 0.29) is 5.56 Å². The van der Waals surface area contributed by atoms with Crippen LogP contribution < -0.4 is 0 Å². The molecule has 172 valence electrons. The number of rotatable bonds is 7. The minimum atomic E-state index is -2.35. The van der Waals surface area contributed by atoms with Crippen molar-refractivity contribution < 1.29 is 30.3 Å². The first kappa shape index (κ1) is 24.3. The summed E-state index contributed by atoms with van der Waals surface area (Å²) in [7, 11) is 0. The third-order valence-corrected chi connectivity index (χ3v) is 6.03. The highest BCUT2D eigenvalue weighted by Crippen LogP contribution is 2.37. The molecule has 3 rings (SSSR count). The number of aryl methyl sites for hydroxylation is 1. The first-order valence-corrected chi connectivity index (χ1v) is 10.9. The Labute approximate surface area is 188 Å². The fourth-order valence-corrected chi connectivity index (χ4v) is 3.96. The molecule has 0 unspecified atom stereocenters. The van der Waals surface area contributed by atoms with Gasteiger partial charge in [-0.2, -0.15) is 5.26 Å². The molecule has 7 heteroatoms. The predicted octanol–water partition coefficient (Wildman–Crippen LogP) is 1.36. The van der Waals surface area contributed by atoms with E-state index in [1.807, 2.05) is 12.1 Å². The summed E-state index contributed by atoms with van der Waals surface area (Å²) in [5.41, 5.74) is 3.37. The van der Waals surface area contributed by atoms with Crippen molar-refractivity contribution in [2.24, 2.45) is 5.92 Å². The summed E-state index contributed by atoms with van der Waals surface area (Å²) in [6.07, 6.45) is -3.87. The smallest absolute Gasteiger partial charge is 0.222 e.